The van der Waals surface area contributed by atoms with Gasteiger partial charge >= 0.3 is 6.18 Å². The third-order valence-corrected chi connectivity index (χ3v) is 4.03. The van der Waals surface area contributed by atoms with Crippen molar-refractivity contribution in [3.63, 3.8) is 0 Å². The van der Waals surface area contributed by atoms with Crippen LogP contribution in [0.3, 0.4) is 0 Å². The molecule has 1 aromatic heterocycles. The standard InChI is InChI=1S/C18H13F3N4O4/c1-9(26)23-15-4-2-10(18(19,20)21)6-16(15)24-17(27)13-8-22-14-5-3-11(25(28)29)7-12(13)14/h2-8,22H,1H3,(H,23,26)(H,24,27). The van der Waals surface area contributed by atoms with E-state index in [1.807, 2.05) is 0 Å². The molecule has 2 amide bonds. The Bertz CT molecular complexity index is 1140. The van der Waals surface area contributed by atoms with E-state index in [1.54, 1.807) is 0 Å². The number of anilines is 2. The zero-order chi connectivity index (χ0) is 21.3. The summed E-state index contributed by atoms with van der Waals surface area (Å²) in [7, 11) is 0. The van der Waals surface area contributed by atoms with Gasteiger partial charge in [0.2, 0.25) is 5.91 Å². The molecule has 1 heterocycles. The molecule has 3 rings (SSSR count). The van der Waals surface area contributed by atoms with Crippen LogP contribution in [-0.2, 0) is 11.0 Å². The molecule has 29 heavy (non-hydrogen) atoms. The first-order chi connectivity index (χ1) is 13.6. The molecule has 0 aliphatic heterocycles. The van der Waals surface area contributed by atoms with Crippen LogP contribution in [0.2, 0.25) is 0 Å². The molecule has 3 aromatic rings. The number of aromatic amines is 1. The van der Waals surface area contributed by atoms with E-state index in [4.69, 9.17) is 0 Å². The Morgan fingerprint density at radius 3 is 2.41 bits per heavy atom. The van der Waals surface area contributed by atoms with Crippen molar-refractivity contribution >= 4 is 39.8 Å². The maximum Gasteiger partial charge on any atom is 0.416 e. The summed E-state index contributed by atoms with van der Waals surface area (Å²) in [6.07, 6.45) is -3.37. The predicted octanol–water partition coefficient (Wildman–Crippen LogP) is 4.31. The van der Waals surface area contributed by atoms with E-state index >= 15 is 0 Å². The molecule has 2 aromatic carbocycles. The topological polar surface area (TPSA) is 117 Å². The average Bonchev–Trinajstić information content (AvgIpc) is 3.05. The smallest absolute Gasteiger partial charge is 0.360 e. The predicted molar refractivity (Wildman–Crippen MR) is 98.7 cm³/mol. The molecule has 0 atom stereocenters. The van der Waals surface area contributed by atoms with Gasteiger partial charge in [0.15, 0.2) is 0 Å². The Hall–Kier alpha value is -3.89. The normalized spacial score (nSPS) is 11.3. The number of benzene rings is 2. The van der Waals surface area contributed by atoms with Gasteiger partial charge in [0.05, 0.1) is 27.4 Å². The highest BCUT2D eigenvalue weighted by Gasteiger charge is 2.31. The van der Waals surface area contributed by atoms with E-state index in [0.717, 1.165) is 12.1 Å². The molecule has 0 saturated heterocycles. The van der Waals surface area contributed by atoms with Crippen LogP contribution in [0, 0.1) is 10.1 Å². The molecule has 8 nitrogen and oxygen atoms in total. The van der Waals surface area contributed by atoms with Gasteiger partial charge in [0, 0.05) is 36.2 Å². The number of alkyl halides is 3. The van der Waals surface area contributed by atoms with E-state index in [1.165, 1.54) is 31.3 Å². The second-order valence-electron chi connectivity index (χ2n) is 6.08. The number of H-pyrrole nitrogens is 1. The molecule has 3 N–H and O–H groups in total. The summed E-state index contributed by atoms with van der Waals surface area (Å²) in [4.78, 5) is 37.1. The van der Waals surface area contributed by atoms with Gasteiger partial charge < -0.3 is 15.6 Å². The Morgan fingerprint density at radius 1 is 1.07 bits per heavy atom. The Labute approximate surface area is 160 Å². The maximum atomic E-state index is 13.0. The molecule has 0 unspecified atom stereocenters. The largest absolute Gasteiger partial charge is 0.416 e. The molecule has 0 aliphatic rings. The highest BCUT2D eigenvalue weighted by atomic mass is 19.4. The van der Waals surface area contributed by atoms with E-state index in [-0.39, 0.29) is 28.0 Å². The number of nitro groups is 1. The van der Waals surface area contributed by atoms with E-state index in [9.17, 15) is 32.9 Å². The third-order valence-electron chi connectivity index (χ3n) is 4.03. The maximum absolute atomic E-state index is 13.0. The number of hydrogen-bond acceptors (Lipinski definition) is 4. The monoisotopic (exact) mass is 406 g/mol. The van der Waals surface area contributed by atoms with Gasteiger partial charge in [0.25, 0.3) is 11.6 Å². The number of fused-ring (bicyclic) bond motifs is 1. The second kappa shape index (κ2) is 7.26. The fourth-order valence-electron chi connectivity index (χ4n) is 2.72. The summed E-state index contributed by atoms with van der Waals surface area (Å²) in [5.41, 5.74) is -1.12. The van der Waals surface area contributed by atoms with E-state index in [0.29, 0.717) is 11.6 Å². The van der Waals surface area contributed by atoms with Crippen molar-refractivity contribution in [2.45, 2.75) is 13.1 Å². The van der Waals surface area contributed by atoms with Crippen LogP contribution in [0.5, 0.6) is 0 Å². The quantitative estimate of drug-likeness (QED) is 0.442. The molecule has 0 spiro atoms. The lowest BCUT2D eigenvalue weighted by molar-refractivity contribution is -0.384. The summed E-state index contributed by atoms with van der Waals surface area (Å²) in [5, 5.41) is 15.9. The van der Waals surface area contributed by atoms with Gasteiger partial charge in [-0.1, -0.05) is 0 Å². The number of hydrogen-bond donors (Lipinski definition) is 3. The SMILES string of the molecule is CC(=O)Nc1ccc(C(F)(F)F)cc1NC(=O)c1c[nH]c2ccc([N+](=O)[O-])cc12. The third kappa shape index (κ3) is 4.18. The molecule has 0 aliphatic carbocycles. The van der Waals surface area contributed by atoms with Crippen molar-refractivity contribution in [1.82, 2.24) is 4.98 Å². The van der Waals surface area contributed by atoms with Gasteiger partial charge in [-0.2, -0.15) is 13.2 Å². The summed E-state index contributed by atoms with van der Waals surface area (Å²) in [6, 6.07) is 6.34. The fraction of sp³-hybridized carbons (Fsp3) is 0.111. The number of aromatic nitrogens is 1. The minimum absolute atomic E-state index is 0.00473. The van der Waals surface area contributed by atoms with Gasteiger partial charge in [-0.05, 0) is 24.3 Å². The van der Waals surface area contributed by atoms with Crippen LogP contribution in [0.1, 0.15) is 22.8 Å². The number of carbonyl (C=O) groups excluding carboxylic acids is 2. The Balaban J connectivity index is 2.01. The lowest BCUT2D eigenvalue weighted by Gasteiger charge is -2.14. The number of rotatable bonds is 4. The van der Waals surface area contributed by atoms with Crippen LogP contribution in [0.15, 0.2) is 42.6 Å². The van der Waals surface area contributed by atoms with Crippen molar-refractivity contribution in [2.24, 2.45) is 0 Å². The van der Waals surface area contributed by atoms with Gasteiger partial charge in [0.1, 0.15) is 0 Å². The highest BCUT2D eigenvalue weighted by molar-refractivity contribution is 6.14. The fourth-order valence-corrected chi connectivity index (χ4v) is 2.72. The molecule has 150 valence electrons. The van der Waals surface area contributed by atoms with Crippen LogP contribution in [0.4, 0.5) is 30.2 Å². The van der Waals surface area contributed by atoms with Crippen molar-refractivity contribution in [1.29, 1.82) is 0 Å². The lowest BCUT2D eigenvalue weighted by atomic mass is 10.1. The zero-order valence-corrected chi connectivity index (χ0v) is 14.8. The van der Waals surface area contributed by atoms with Crippen molar-refractivity contribution in [3.8, 4) is 0 Å². The first-order valence-electron chi connectivity index (χ1n) is 8.12. The number of nitrogens with zero attached hydrogens (tertiary/aromatic N) is 1. The van der Waals surface area contributed by atoms with Crippen molar-refractivity contribution in [2.75, 3.05) is 10.6 Å². The van der Waals surface area contributed by atoms with Crippen LogP contribution >= 0.6 is 0 Å². The number of carbonyl (C=O) groups is 2. The van der Waals surface area contributed by atoms with Gasteiger partial charge in [-0.25, -0.2) is 0 Å². The lowest BCUT2D eigenvalue weighted by Crippen LogP contribution is -2.16. The first kappa shape index (κ1) is 19.9. The minimum atomic E-state index is -4.66. The van der Waals surface area contributed by atoms with Crippen LogP contribution in [-0.4, -0.2) is 21.7 Å². The van der Waals surface area contributed by atoms with Crippen molar-refractivity contribution < 1.29 is 27.7 Å². The molecular formula is C18H13F3N4O4. The summed E-state index contributed by atoms with van der Waals surface area (Å²) >= 11 is 0. The number of nitrogens with one attached hydrogen (secondary N) is 3. The Morgan fingerprint density at radius 2 is 1.79 bits per heavy atom. The average molecular weight is 406 g/mol. The summed E-state index contributed by atoms with van der Waals surface area (Å²) < 4.78 is 39.1. The number of nitro benzene ring substituents is 1. The summed E-state index contributed by atoms with van der Waals surface area (Å²) in [5.74, 6) is -1.34. The zero-order valence-electron chi connectivity index (χ0n) is 14.8. The summed E-state index contributed by atoms with van der Waals surface area (Å²) in [6.45, 7) is 1.17. The highest BCUT2D eigenvalue weighted by Crippen LogP contribution is 2.34. The number of halogens is 3. The first-order valence-corrected chi connectivity index (χ1v) is 8.12. The minimum Gasteiger partial charge on any atom is -0.360 e. The molecule has 0 fully saturated rings. The van der Waals surface area contributed by atoms with Crippen LogP contribution in [0.25, 0.3) is 10.9 Å². The van der Waals surface area contributed by atoms with Gasteiger partial charge in [-0.3, -0.25) is 19.7 Å². The number of amides is 2. The number of non-ortho nitro benzene ring substituents is 1. The van der Waals surface area contributed by atoms with Crippen molar-refractivity contribution in [3.05, 3.63) is 63.8 Å². The second-order valence-corrected chi connectivity index (χ2v) is 6.08. The molecule has 0 radical (unpaired) electrons. The van der Waals surface area contributed by atoms with E-state index < -0.39 is 28.5 Å². The van der Waals surface area contributed by atoms with Crippen LogP contribution < -0.4 is 10.6 Å². The van der Waals surface area contributed by atoms with E-state index in [2.05, 4.69) is 15.6 Å². The Kier molecular flexibility index (Phi) is 4.97. The molecule has 0 saturated carbocycles. The molecular weight excluding hydrogens is 393 g/mol. The van der Waals surface area contributed by atoms with Gasteiger partial charge in [-0.15, -0.1) is 0 Å². The molecule has 0 bridgehead atoms. The molecule has 11 heteroatoms.